The molecular weight excluding hydrogens is 162 g/mol. The van der Waals surface area contributed by atoms with Crippen LogP contribution in [0.1, 0.15) is 11.7 Å². The van der Waals surface area contributed by atoms with Gasteiger partial charge in [0.25, 0.3) is 0 Å². The summed E-state index contributed by atoms with van der Waals surface area (Å²) in [5.41, 5.74) is 0.876. The van der Waals surface area contributed by atoms with E-state index < -0.39 is 6.10 Å². The number of aliphatic hydroxyl groups excluding tert-OH is 1. The molecule has 0 amide bonds. The third kappa shape index (κ3) is 2.50. The predicted octanol–water partition coefficient (Wildman–Crippen LogP) is 1.46. The quantitative estimate of drug-likeness (QED) is 0.675. The van der Waals surface area contributed by atoms with Crippen molar-refractivity contribution in [3.8, 4) is 0 Å². The van der Waals surface area contributed by atoms with Crippen LogP contribution in [0, 0.1) is 0 Å². The van der Waals surface area contributed by atoms with Crippen molar-refractivity contribution < 1.29 is 5.11 Å². The molecular formula is C8H10ClNO. The Labute approximate surface area is 70.9 Å². The van der Waals surface area contributed by atoms with Gasteiger partial charge < -0.3 is 5.11 Å². The van der Waals surface area contributed by atoms with Gasteiger partial charge in [-0.3, -0.25) is 0 Å². The summed E-state index contributed by atoms with van der Waals surface area (Å²) in [5, 5.41) is 9.37. The van der Waals surface area contributed by atoms with Gasteiger partial charge in [0.2, 0.25) is 0 Å². The molecule has 1 rings (SSSR count). The number of hydrogen-bond donors (Lipinski definition) is 2. The van der Waals surface area contributed by atoms with Crippen LogP contribution >= 0.6 is 11.8 Å². The fourth-order valence-electron chi connectivity index (χ4n) is 0.866. The highest BCUT2D eigenvalue weighted by Gasteiger charge is 2.03. The number of rotatable bonds is 3. The van der Waals surface area contributed by atoms with Crippen LogP contribution in [0.5, 0.6) is 0 Å². The van der Waals surface area contributed by atoms with E-state index in [9.17, 15) is 5.11 Å². The summed E-state index contributed by atoms with van der Waals surface area (Å²) in [4.78, 5) is 2.39. The molecule has 0 aliphatic carbocycles. The highest BCUT2D eigenvalue weighted by atomic mass is 35.5. The van der Waals surface area contributed by atoms with Crippen LogP contribution in [0.2, 0.25) is 0 Å². The van der Waals surface area contributed by atoms with E-state index >= 15 is 0 Å². The predicted molar refractivity (Wildman–Crippen MR) is 45.3 cm³/mol. The van der Waals surface area contributed by atoms with Crippen molar-refractivity contribution in [3.63, 3.8) is 0 Å². The van der Waals surface area contributed by atoms with Crippen molar-refractivity contribution >= 4 is 11.8 Å². The minimum atomic E-state index is -0.520. The maximum atomic E-state index is 9.37. The Balaban J connectivity index is 2.61. The smallest absolute Gasteiger partial charge is 0.0927 e. The Morgan fingerprint density at radius 3 is 2.55 bits per heavy atom. The maximum absolute atomic E-state index is 9.37. The Morgan fingerprint density at radius 1 is 1.36 bits per heavy atom. The van der Waals surface area contributed by atoms with Gasteiger partial charge in [0.05, 0.1) is 6.10 Å². The second kappa shape index (κ2) is 4.34. The molecule has 0 radical (unpaired) electrons. The third-order valence-corrected chi connectivity index (χ3v) is 1.61. The number of nitrogens with one attached hydrogen (secondary N) is 1. The van der Waals surface area contributed by atoms with E-state index in [1.165, 1.54) is 0 Å². The van der Waals surface area contributed by atoms with Crippen LogP contribution in [-0.4, -0.2) is 11.7 Å². The van der Waals surface area contributed by atoms with Crippen molar-refractivity contribution in [3.05, 3.63) is 35.9 Å². The largest absolute Gasteiger partial charge is 0.387 e. The SMILES string of the molecule is OC(CNCl)c1ccccc1. The molecule has 1 aromatic rings. The van der Waals surface area contributed by atoms with E-state index in [2.05, 4.69) is 4.84 Å². The Kier molecular flexibility index (Phi) is 3.36. The highest BCUT2D eigenvalue weighted by Crippen LogP contribution is 2.10. The summed E-state index contributed by atoms with van der Waals surface area (Å²) in [5.74, 6) is 0. The molecule has 0 saturated carbocycles. The molecule has 0 bridgehead atoms. The first-order valence-corrected chi connectivity index (χ1v) is 3.79. The second-order valence-corrected chi connectivity index (χ2v) is 2.53. The summed E-state index contributed by atoms with van der Waals surface area (Å²) >= 11 is 5.24. The van der Waals surface area contributed by atoms with E-state index in [0.717, 1.165) is 5.56 Å². The summed E-state index contributed by atoms with van der Waals surface area (Å²) in [7, 11) is 0. The zero-order valence-corrected chi connectivity index (χ0v) is 6.75. The van der Waals surface area contributed by atoms with Gasteiger partial charge in [-0.15, -0.1) is 0 Å². The van der Waals surface area contributed by atoms with Crippen LogP contribution in [-0.2, 0) is 0 Å². The lowest BCUT2D eigenvalue weighted by molar-refractivity contribution is 0.182. The molecule has 0 fully saturated rings. The van der Waals surface area contributed by atoms with Crippen LogP contribution in [0.15, 0.2) is 30.3 Å². The topological polar surface area (TPSA) is 32.3 Å². The lowest BCUT2D eigenvalue weighted by atomic mass is 10.1. The monoisotopic (exact) mass is 171 g/mol. The zero-order valence-electron chi connectivity index (χ0n) is 6.00. The van der Waals surface area contributed by atoms with Crippen molar-refractivity contribution in [2.24, 2.45) is 0 Å². The van der Waals surface area contributed by atoms with Gasteiger partial charge in [0.15, 0.2) is 0 Å². The fraction of sp³-hybridized carbons (Fsp3) is 0.250. The first kappa shape index (κ1) is 8.53. The van der Waals surface area contributed by atoms with Gasteiger partial charge in [-0.2, -0.15) is 0 Å². The summed E-state index contributed by atoms with van der Waals surface area (Å²) in [6.07, 6.45) is -0.520. The van der Waals surface area contributed by atoms with Crippen molar-refractivity contribution in [1.29, 1.82) is 0 Å². The number of halogens is 1. The van der Waals surface area contributed by atoms with Crippen LogP contribution in [0.4, 0.5) is 0 Å². The lowest BCUT2D eigenvalue weighted by Crippen LogP contribution is -2.12. The molecule has 0 heterocycles. The third-order valence-electron chi connectivity index (χ3n) is 1.45. The van der Waals surface area contributed by atoms with E-state index in [1.54, 1.807) is 0 Å². The Morgan fingerprint density at radius 2 is 2.00 bits per heavy atom. The highest BCUT2D eigenvalue weighted by molar-refractivity contribution is 6.13. The molecule has 60 valence electrons. The van der Waals surface area contributed by atoms with Crippen LogP contribution in [0.25, 0.3) is 0 Å². The standard InChI is InChI=1S/C8H10ClNO/c9-10-6-8(11)7-4-2-1-3-5-7/h1-5,8,10-11H,6H2. The molecule has 2 nitrogen and oxygen atoms in total. The summed E-state index contributed by atoms with van der Waals surface area (Å²) in [6.45, 7) is 0.367. The molecule has 0 aliphatic heterocycles. The van der Waals surface area contributed by atoms with E-state index in [4.69, 9.17) is 11.8 Å². The van der Waals surface area contributed by atoms with Crippen LogP contribution < -0.4 is 4.84 Å². The molecule has 0 spiro atoms. The van der Waals surface area contributed by atoms with Gasteiger partial charge in [-0.25, -0.2) is 4.84 Å². The van der Waals surface area contributed by atoms with Crippen LogP contribution in [0.3, 0.4) is 0 Å². The normalized spacial score (nSPS) is 12.9. The fourth-order valence-corrected chi connectivity index (χ4v) is 1.01. The Hall–Kier alpha value is -0.570. The molecule has 1 aromatic carbocycles. The summed E-state index contributed by atoms with van der Waals surface area (Å²) < 4.78 is 0. The second-order valence-electron chi connectivity index (χ2n) is 2.26. The van der Waals surface area contributed by atoms with E-state index in [1.807, 2.05) is 30.3 Å². The van der Waals surface area contributed by atoms with Gasteiger partial charge >= 0.3 is 0 Å². The first-order chi connectivity index (χ1) is 5.34. The molecule has 0 saturated heterocycles. The van der Waals surface area contributed by atoms with Gasteiger partial charge in [-0.05, 0) is 17.3 Å². The molecule has 0 aromatic heterocycles. The first-order valence-electron chi connectivity index (χ1n) is 3.41. The van der Waals surface area contributed by atoms with E-state index in [0.29, 0.717) is 6.54 Å². The lowest BCUT2D eigenvalue weighted by Gasteiger charge is -2.07. The van der Waals surface area contributed by atoms with Gasteiger partial charge in [0.1, 0.15) is 0 Å². The zero-order chi connectivity index (χ0) is 8.10. The molecule has 0 aliphatic rings. The minimum Gasteiger partial charge on any atom is -0.387 e. The van der Waals surface area contributed by atoms with E-state index in [-0.39, 0.29) is 0 Å². The molecule has 1 unspecified atom stereocenters. The summed E-state index contributed by atoms with van der Waals surface area (Å²) in [6, 6.07) is 9.39. The molecule has 1 atom stereocenters. The molecule has 2 N–H and O–H groups in total. The molecule has 11 heavy (non-hydrogen) atoms. The Bertz CT molecular complexity index is 203. The van der Waals surface area contributed by atoms with Gasteiger partial charge in [-0.1, -0.05) is 30.3 Å². The van der Waals surface area contributed by atoms with Crippen molar-refractivity contribution in [2.45, 2.75) is 6.10 Å². The molecule has 3 heteroatoms. The average Bonchev–Trinajstić information content (AvgIpc) is 2.07. The number of benzene rings is 1. The number of aliphatic hydroxyl groups is 1. The van der Waals surface area contributed by atoms with Crippen molar-refractivity contribution in [2.75, 3.05) is 6.54 Å². The van der Waals surface area contributed by atoms with Crippen molar-refractivity contribution in [1.82, 2.24) is 4.84 Å². The average molecular weight is 172 g/mol. The van der Waals surface area contributed by atoms with Gasteiger partial charge in [0, 0.05) is 6.54 Å². The number of hydrogen-bond acceptors (Lipinski definition) is 2. The minimum absolute atomic E-state index is 0.367. The maximum Gasteiger partial charge on any atom is 0.0927 e.